The number of carbonyl (C=O) groups excluding carboxylic acids is 1. The van der Waals surface area contributed by atoms with Crippen LogP contribution in [0.4, 0.5) is 5.13 Å². The van der Waals surface area contributed by atoms with Crippen molar-refractivity contribution < 1.29 is 14.3 Å². The van der Waals surface area contributed by atoms with E-state index < -0.39 is 0 Å². The van der Waals surface area contributed by atoms with Crippen LogP contribution in [0.5, 0.6) is 11.5 Å². The Bertz CT molecular complexity index is 977. The van der Waals surface area contributed by atoms with Gasteiger partial charge in [-0.1, -0.05) is 11.6 Å². The van der Waals surface area contributed by atoms with E-state index in [2.05, 4.69) is 26.2 Å². The monoisotopic (exact) mass is 466 g/mol. The number of nitrogens with one attached hydrogen (secondary N) is 1. The number of carbonyl (C=O) groups is 1. The minimum Gasteiger partial charge on any atom is -0.496 e. The molecule has 8 heteroatoms. The van der Waals surface area contributed by atoms with Gasteiger partial charge >= 0.3 is 0 Å². The molecule has 0 saturated heterocycles. The Labute approximate surface area is 174 Å². The average Bonchev–Trinajstić information content (AvgIpc) is 3.11. The number of hydrogen-bond donors (Lipinski definition) is 1. The van der Waals surface area contributed by atoms with Gasteiger partial charge in [-0.05, 0) is 64.8 Å². The number of aromatic nitrogens is 1. The Balaban J connectivity index is 1.60. The number of aryl methyl sites for hydroxylation is 1. The van der Waals surface area contributed by atoms with E-state index in [1.54, 1.807) is 25.3 Å². The fourth-order valence-corrected chi connectivity index (χ4v) is 3.69. The summed E-state index contributed by atoms with van der Waals surface area (Å²) in [5, 5.41) is 5.80. The van der Waals surface area contributed by atoms with Gasteiger partial charge in [-0.3, -0.25) is 10.1 Å². The quantitative estimate of drug-likeness (QED) is 0.515. The van der Waals surface area contributed by atoms with E-state index in [1.165, 1.54) is 11.3 Å². The number of thiazole rings is 1. The van der Waals surface area contributed by atoms with Crippen molar-refractivity contribution in [2.24, 2.45) is 0 Å². The van der Waals surface area contributed by atoms with E-state index in [0.29, 0.717) is 15.9 Å². The third kappa shape index (κ3) is 5.00. The van der Waals surface area contributed by atoms with Crippen molar-refractivity contribution in [3.63, 3.8) is 0 Å². The SMILES string of the molecule is COc1ccc(-c2csc(NC(=O)COc3ccc(Cl)c(C)c3)n2)cc1Br. The zero-order chi connectivity index (χ0) is 19.4. The number of amides is 1. The molecule has 0 aliphatic heterocycles. The molecule has 1 N–H and O–H groups in total. The molecule has 0 fully saturated rings. The van der Waals surface area contributed by atoms with Gasteiger partial charge in [0.25, 0.3) is 5.91 Å². The lowest BCUT2D eigenvalue weighted by molar-refractivity contribution is -0.118. The Hall–Kier alpha value is -2.09. The first kappa shape index (κ1) is 19.7. The number of ether oxygens (including phenoxy) is 2. The van der Waals surface area contributed by atoms with E-state index in [4.69, 9.17) is 21.1 Å². The fraction of sp³-hybridized carbons (Fsp3) is 0.158. The van der Waals surface area contributed by atoms with Gasteiger partial charge in [0.1, 0.15) is 11.5 Å². The van der Waals surface area contributed by atoms with Gasteiger partial charge < -0.3 is 9.47 Å². The topological polar surface area (TPSA) is 60.5 Å². The predicted molar refractivity (Wildman–Crippen MR) is 112 cm³/mol. The highest BCUT2D eigenvalue weighted by atomic mass is 79.9. The number of methoxy groups -OCH3 is 1. The molecule has 0 saturated carbocycles. The summed E-state index contributed by atoms with van der Waals surface area (Å²) in [6.07, 6.45) is 0. The van der Waals surface area contributed by atoms with Gasteiger partial charge in [-0.25, -0.2) is 4.98 Å². The first-order valence-electron chi connectivity index (χ1n) is 7.94. The summed E-state index contributed by atoms with van der Waals surface area (Å²) in [6.45, 7) is 1.77. The summed E-state index contributed by atoms with van der Waals surface area (Å²) in [6, 6.07) is 11.0. The van der Waals surface area contributed by atoms with Crippen LogP contribution in [0.15, 0.2) is 46.3 Å². The maximum absolute atomic E-state index is 12.1. The van der Waals surface area contributed by atoms with Crippen LogP contribution in [0.1, 0.15) is 5.56 Å². The summed E-state index contributed by atoms with van der Waals surface area (Å²) in [5.74, 6) is 1.06. The van der Waals surface area contributed by atoms with Gasteiger partial charge in [-0.15, -0.1) is 11.3 Å². The van der Waals surface area contributed by atoms with Gasteiger partial charge in [0.15, 0.2) is 11.7 Å². The van der Waals surface area contributed by atoms with Crippen molar-refractivity contribution in [3.8, 4) is 22.8 Å². The van der Waals surface area contributed by atoms with Crippen LogP contribution >= 0.6 is 38.9 Å². The van der Waals surface area contributed by atoms with Crippen LogP contribution in [0, 0.1) is 6.92 Å². The smallest absolute Gasteiger partial charge is 0.264 e. The Morgan fingerprint density at radius 3 is 2.81 bits per heavy atom. The Morgan fingerprint density at radius 2 is 2.11 bits per heavy atom. The third-order valence-electron chi connectivity index (χ3n) is 3.70. The average molecular weight is 468 g/mol. The largest absolute Gasteiger partial charge is 0.496 e. The van der Waals surface area contributed by atoms with Crippen LogP contribution in [-0.2, 0) is 4.79 Å². The van der Waals surface area contributed by atoms with Crippen molar-refractivity contribution in [1.82, 2.24) is 4.98 Å². The molecule has 2 aromatic carbocycles. The summed E-state index contributed by atoms with van der Waals surface area (Å²) in [4.78, 5) is 16.6. The zero-order valence-electron chi connectivity index (χ0n) is 14.6. The van der Waals surface area contributed by atoms with Crippen LogP contribution in [0.3, 0.4) is 0 Å². The molecular weight excluding hydrogens is 452 g/mol. The highest BCUT2D eigenvalue weighted by Crippen LogP contribution is 2.32. The number of anilines is 1. The first-order chi connectivity index (χ1) is 13.0. The molecule has 1 aromatic heterocycles. The van der Waals surface area contributed by atoms with Gasteiger partial charge in [-0.2, -0.15) is 0 Å². The van der Waals surface area contributed by atoms with Crippen molar-refractivity contribution in [2.75, 3.05) is 19.0 Å². The minimum absolute atomic E-state index is 0.107. The number of nitrogens with zero attached hydrogens (tertiary/aromatic N) is 1. The molecule has 0 bridgehead atoms. The Kier molecular flexibility index (Phi) is 6.36. The van der Waals surface area contributed by atoms with Crippen molar-refractivity contribution in [3.05, 3.63) is 56.8 Å². The lowest BCUT2D eigenvalue weighted by Gasteiger charge is -2.07. The fourth-order valence-electron chi connectivity index (χ4n) is 2.30. The molecule has 0 unspecified atom stereocenters. The molecular formula is C19H16BrClN2O3S. The third-order valence-corrected chi connectivity index (χ3v) is 5.50. The molecule has 0 aliphatic carbocycles. The molecule has 0 aliphatic rings. The number of benzene rings is 2. The van der Waals surface area contributed by atoms with E-state index in [0.717, 1.165) is 27.0 Å². The standard InChI is InChI=1S/C19H16BrClN2O3S/c1-11-7-13(4-5-15(11)21)26-9-18(24)23-19-22-16(10-27-19)12-3-6-17(25-2)14(20)8-12/h3-8,10H,9H2,1-2H3,(H,22,23,24). The number of halogens is 2. The lowest BCUT2D eigenvalue weighted by atomic mass is 10.2. The lowest BCUT2D eigenvalue weighted by Crippen LogP contribution is -2.20. The van der Waals surface area contributed by atoms with E-state index >= 15 is 0 Å². The van der Waals surface area contributed by atoms with E-state index in [1.807, 2.05) is 30.5 Å². The summed E-state index contributed by atoms with van der Waals surface area (Å²) >= 11 is 10.8. The first-order valence-corrected chi connectivity index (χ1v) is 9.99. The second kappa shape index (κ2) is 8.73. The minimum atomic E-state index is -0.278. The molecule has 3 rings (SSSR count). The number of hydrogen-bond acceptors (Lipinski definition) is 5. The van der Waals surface area contributed by atoms with Gasteiger partial charge in [0.05, 0.1) is 17.3 Å². The predicted octanol–water partition coefficient (Wildman–Crippen LogP) is 5.56. The summed E-state index contributed by atoms with van der Waals surface area (Å²) in [5.41, 5.74) is 2.59. The molecule has 0 atom stereocenters. The van der Waals surface area contributed by atoms with Crippen molar-refractivity contribution >= 4 is 49.9 Å². The highest BCUT2D eigenvalue weighted by molar-refractivity contribution is 9.10. The number of rotatable bonds is 6. The van der Waals surface area contributed by atoms with Crippen molar-refractivity contribution in [2.45, 2.75) is 6.92 Å². The normalized spacial score (nSPS) is 10.5. The van der Waals surface area contributed by atoms with Crippen LogP contribution in [0.2, 0.25) is 5.02 Å². The highest BCUT2D eigenvalue weighted by Gasteiger charge is 2.11. The van der Waals surface area contributed by atoms with Gasteiger partial charge in [0.2, 0.25) is 0 Å². The second-order valence-electron chi connectivity index (χ2n) is 5.64. The maximum Gasteiger partial charge on any atom is 0.264 e. The second-order valence-corrected chi connectivity index (χ2v) is 7.75. The maximum atomic E-state index is 12.1. The molecule has 1 amide bonds. The Morgan fingerprint density at radius 1 is 1.30 bits per heavy atom. The van der Waals surface area contributed by atoms with Gasteiger partial charge in [0, 0.05) is 16.0 Å². The summed E-state index contributed by atoms with van der Waals surface area (Å²) in [7, 11) is 1.61. The molecule has 1 heterocycles. The zero-order valence-corrected chi connectivity index (χ0v) is 17.7. The molecule has 0 radical (unpaired) electrons. The van der Waals surface area contributed by atoms with E-state index in [9.17, 15) is 4.79 Å². The van der Waals surface area contributed by atoms with Crippen molar-refractivity contribution in [1.29, 1.82) is 0 Å². The molecule has 27 heavy (non-hydrogen) atoms. The molecule has 3 aromatic rings. The molecule has 140 valence electrons. The molecule has 5 nitrogen and oxygen atoms in total. The van der Waals surface area contributed by atoms with E-state index in [-0.39, 0.29) is 12.5 Å². The van der Waals surface area contributed by atoms with Crippen LogP contribution in [-0.4, -0.2) is 24.6 Å². The van der Waals surface area contributed by atoms with Crippen LogP contribution < -0.4 is 14.8 Å². The van der Waals surface area contributed by atoms with Crippen LogP contribution in [0.25, 0.3) is 11.3 Å². The molecule has 0 spiro atoms. The summed E-state index contributed by atoms with van der Waals surface area (Å²) < 4.78 is 11.6.